The van der Waals surface area contributed by atoms with Gasteiger partial charge in [-0.1, -0.05) is 18.6 Å². The molecule has 8 nitrogen and oxygen atoms in total. The van der Waals surface area contributed by atoms with Crippen molar-refractivity contribution in [1.29, 1.82) is 0 Å². The van der Waals surface area contributed by atoms with Crippen LogP contribution in [0.3, 0.4) is 0 Å². The molecule has 0 radical (unpaired) electrons. The zero-order chi connectivity index (χ0) is 27.0. The van der Waals surface area contributed by atoms with Crippen LogP contribution in [0.25, 0.3) is 0 Å². The fraction of sp³-hybridized carbons (Fsp3) is 0.552. The molecule has 2 atom stereocenters. The van der Waals surface area contributed by atoms with Crippen LogP contribution in [0.5, 0.6) is 17.2 Å². The van der Waals surface area contributed by atoms with Gasteiger partial charge in [-0.2, -0.15) is 0 Å². The van der Waals surface area contributed by atoms with Gasteiger partial charge in [-0.05, 0) is 55.5 Å². The molecule has 208 valence electrons. The van der Waals surface area contributed by atoms with Crippen LogP contribution in [0.1, 0.15) is 44.1 Å². The number of rotatable bonds is 11. The zero-order valence-electron chi connectivity index (χ0n) is 22.1. The molecule has 2 saturated heterocycles. The Morgan fingerprint density at radius 1 is 1.08 bits per heavy atom. The van der Waals surface area contributed by atoms with Gasteiger partial charge >= 0.3 is 0 Å². The third-order valence-electron chi connectivity index (χ3n) is 7.26. The Labute approximate surface area is 223 Å². The first-order valence-corrected chi connectivity index (χ1v) is 13.4. The Bertz CT molecular complexity index is 1070. The van der Waals surface area contributed by atoms with Crippen LogP contribution >= 0.6 is 0 Å². The Balaban J connectivity index is 1.32. The maximum atomic E-state index is 13.5. The first-order valence-electron chi connectivity index (χ1n) is 13.4. The molecular formula is C29H39FN2O6. The van der Waals surface area contributed by atoms with Gasteiger partial charge in [0, 0.05) is 45.2 Å². The first-order chi connectivity index (χ1) is 18.4. The number of hydrogen-bond donors (Lipinski definition) is 2. The van der Waals surface area contributed by atoms with Crippen molar-refractivity contribution in [3.05, 3.63) is 53.8 Å². The molecule has 2 aliphatic rings. The number of carbonyl (C=O) groups excluding carboxylic acids is 1. The second-order valence-electron chi connectivity index (χ2n) is 10.2. The van der Waals surface area contributed by atoms with E-state index in [0.717, 1.165) is 37.8 Å². The average molecular weight is 531 g/mol. The number of hydrogen-bond acceptors (Lipinski definition) is 7. The summed E-state index contributed by atoms with van der Waals surface area (Å²) < 4.78 is 30.6. The summed E-state index contributed by atoms with van der Waals surface area (Å²) in [6.45, 7) is 3.18. The topological polar surface area (TPSA) is 91.7 Å². The molecule has 2 aliphatic heterocycles. The molecule has 9 heteroatoms. The minimum absolute atomic E-state index is 0.148. The monoisotopic (exact) mass is 530 g/mol. The van der Waals surface area contributed by atoms with E-state index < -0.39 is 17.5 Å². The summed E-state index contributed by atoms with van der Waals surface area (Å²) >= 11 is 0. The van der Waals surface area contributed by atoms with E-state index in [2.05, 4.69) is 4.90 Å². The first kappa shape index (κ1) is 28.1. The molecule has 0 aromatic heterocycles. The molecule has 38 heavy (non-hydrogen) atoms. The molecule has 0 bridgehead atoms. The number of nitrogens with zero attached hydrogens (tertiary/aromatic N) is 2. The Hall–Kier alpha value is -2.88. The molecule has 0 unspecified atom stereocenters. The maximum Gasteiger partial charge on any atom is 0.222 e. The van der Waals surface area contributed by atoms with Crippen LogP contribution in [-0.2, 0) is 11.3 Å². The van der Waals surface area contributed by atoms with E-state index in [9.17, 15) is 19.4 Å². The molecule has 2 aromatic rings. The van der Waals surface area contributed by atoms with Crippen molar-refractivity contribution < 1.29 is 33.6 Å². The number of likely N-dealkylation sites (tertiary alicyclic amines) is 2. The Morgan fingerprint density at radius 3 is 2.76 bits per heavy atom. The van der Waals surface area contributed by atoms with Gasteiger partial charge in [0.25, 0.3) is 0 Å². The van der Waals surface area contributed by atoms with Crippen molar-refractivity contribution >= 4 is 5.91 Å². The molecule has 0 spiro atoms. The number of ether oxygens (including phenoxy) is 3. The largest absolute Gasteiger partial charge is 0.493 e. The fourth-order valence-electron chi connectivity index (χ4n) is 5.09. The van der Waals surface area contributed by atoms with Crippen LogP contribution in [0.2, 0.25) is 0 Å². The fourth-order valence-corrected chi connectivity index (χ4v) is 5.09. The quantitative estimate of drug-likeness (QED) is 0.431. The summed E-state index contributed by atoms with van der Waals surface area (Å²) in [4.78, 5) is 16.2. The molecule has 2 aromatic carbocycles. The number of aliphatic hydroxyl groups excluding tert-OH is 1. The summed E-state index contributed by atoms with van der Waals surface area (Å²) in [6, 6.07) is 11.5. The van der Waals surface area contributed by atoms with Crippen LogP contribution in [0.4, 0.5) is 4.39 Å². The summed E-state index contributed by atoms with van der Waals surface area (Å²) in [6.07, 6.45) is 3.95. The van der Waals surface area contributed by atoms with Crippen molar-refractivity contribution in [2.45, 2.75) is 56.8 Å². The van der Waals surface area contributed by atoms with Gasteiger partial charge in [-0.15, -0.1) is 0 Å². The Kier molecular flexibility index (Phi) is 9.82. The third-order valence-corrected chi connectivity index (χ3v) is 7.26. The van der Waals surface area contributed by atoms with Crippen molar-refractivity contribution in [3.63, 3.8) is 0 Å². The average Bonchev–Trinajstić information content (AvgIpc) is 3.11. The highest BCUT2D eigenvalue weighted by molar-refractivity contribution is 5.76. The molecule has 4 rings (SSSR count). The van der Waals surface area contributed by atoms with Gasteiger partial charge in [-0.3, -0.25) is 9.69 Å². The van der Waals surface area contributed by atoms with Crippen LogP contribution in [0, 0.1) is 5.82 Å². The van der Waals surface area contributed by atoms with Gasteiger partial charge in [0.15, 0.2) is 11.5 Å². The van der Waals surface area contributed by atoms with Gasteiger partial charge in [0.05, 0.1) is 19.8 Å². The van der Waals surface area contributed by atoms with E-state index in [0.29, 0.717) is 56.3 Å². The predicted molar refractivity (Wildman–Crippen MR) is 141 cm³/mol. The second kappa shape index (κ2) is 13.3. The van der Waals surface area contributed by atoms with Crippen LogP contribution < -0.4 is 14.2 Å². The molecule has 2 heterocycles. The van der Waals surface area contributed by atoms with Crippen molar-refractivity contribution in [2.24, 2.45) is 0 Å². The van der Waals surface area contributed by atoms with Crippen LogP contribution in [0.15, 0.2) is 42.5 Å². The summed E-state index contributed by atoms with van der Waals surface area (Å²) in [7, 11) is 1.60. The number of methoxy groups -OCH3 is 1. The van der Waals surface area contributed by atoms with Crippen LogP contribution in [-0.4, -0.2) is 84.1 Å². The maximum absolute atomic E-state index is 13.5. The summed E-state index contributed by atoms with van der Waals surface area (Å²) in [5.41, 5.74) is -0.505. The minimum Gasteiger partial charge on any atom is -0.493 e. The number of halogens is 1. The number of aliphatic hydroxyl groups is 2. The van der Waals surface area contributed by atoms with Gasteiger partial charge in [-0.25, -0.2) is 4.39 Å². The molecule has 2 fully saturated rings. The molecule has 0 aliphatic carbocycles. The lowest BCUT2D eigenvalue weighted by atomic mass is 9.90. The predicted octanol–water partition coefficient (Wildman–Crippen LogP) is 3.38. The normalized spacial score (nSPS) is 22.7. The van der Waals surface area contributed by atoms with Gasteiger partial charge in [0.2, 0.25) is 5.91 Å². The second-order valence-corrected chi connectivity index (χ2v) is 10.2. The van der Waals surface area contributed by atoms with E-state index >= 15 is 0 Å². The number of β-amino-alcohol motifs (C(OH)–C–C–N with tert-alkyl or cyclic N) is 1. The highest BCUT2D eigenvalue weighted by atomic mass is 19.1. The molecular weight excluding hydrogens is 491 g/mol. The molecule has 1 amide bonds. The summed E-state index contributed by atoms with van der Waals surface area (Å²) in [5.74, 6) is 1.38. The highest BCUT2D eigenvalue weighted by Crippen LogP contribution is 2.30. The Morgan fingerprint density at radius 2 is 1.95 bits per heavy atom. The van der Waals surface area contributed by atoms with Crippen molar-refractivity contribution in [2.75, 3.05) is 46.5 Å². The lowest BCUT2D eigenvalue weighted by molar-refractivity contribution is -0.140. The number of carbonyl (C=O) groups is 1. The standard InChI is InChI=1S/C29H39FN2O6/c1-36-25-11-10-22(17-26(25)37-16-6-14-32-13-4-2-3-9-28(32)34)19-31-15-12-27(33)29(35,20-31)21-38-24-8-5-7-23(30)18-24/h5,7-8,10-11,17-18,27,33,35H,2-4,6,9,12-16,19-21H2,1H3/t27-,29-/m0/s1. The number of piperidine rings is 1. The van der Waals surface area contributed by atoms with E-state index in [-0.39, 0.29) is 19.1 Å². The molecule has 0 saturated carbocycles. The van der Waals surface area contributed by atoms with Gasteiger partial charge < -0.3 is 29.3 Å². The molecule has 2 N–H and O–H groups in total. The van der Waals surface area contributed by atoms with Crippen molar-refractivity contribution in [3.8, 4) is 17.2 Å². The van der Waals surface area contributed by atoms with E-state index in [1.165, 1.54) is 18.2 Å². The van der Waals surface area contributed by atoms with Crippen molar-refractivity contribution in [1.82, 2.24) is 9.80 Å². The highest BCUT2D eigenvalue weighted by Gasteiger charge is 2.42. The number of amides is 1. The van der Waals surface area contributed by atoms with E-state index in [1.54, 1.807) is 13.2 Å². The number of benzene rings is 2. The minimum atomic E-state index is -1.48. The zero-order valence-corrected chi connectivity index (χ0v) is 22.1. The smallest absolute Gasteiger partial charge is 0.222 e. The van der Waals surface area contributed by atoms with Gasteiger partial charge in [0.1, 0.15) is 23.8 Å². The lowest BCUT2D eigenvalue weighted by Crippen LogP contribution is -2.59. The SMILES string of the molecule is COc1ccc(CN2CC[C@H](O)[C@@](O)(COc3cccc(F)c3)C2)cc1OCCCN1CCCCCC1=O. The van der Waals surface area contributed by atoms with E-state index in [4.69, 9.17) is 14.2 Å². The summed E-state index contributed by atoms with van der Waals surface area (Å²) in [5, 5.41) is 21.7. The third kappa shape index (κ3) is 7.58. The van der Waals surface area contributed by atoms with E-state index in [1.807, 2.05) is 23.1 Å². The lowest BCUT2D eigenvalue weighted by Gasteiger charge is -2.42.